The third-order valence-electron chi connectivity index (χ3n) is 4.47. The molecule has 0 N–H and O–H groups in total. The Kier molecular flexibility index (Phi) is 6.12. The van der Waals surface area contributed by atoms with Crippen LogP contribution >= 0.6 is 15.9 Å². The Morgan fingerprint density at radius 3 is 2.52 bits per heavy atom. The third-order valence-corrected chi connectivity index (χ3v) is 5.09. The predicted octanol–water partition coefficient (Wildman–Crippen LogP) is 3.54. The lowest BCUT2D eigenvalue weighted by molar-refractivity contribution is 0.0475. The zero-order valence-corrected chi connectivity index (χ0v) is 17.8. The molecule has 0 bridgehead atoms. The smallest absolute Gasteiger partial charge is 0.338 e. The Bertz CT molecular complexity index is 1170. The number of fused-ring (bicyclic) bond motifs is 1. The number of ketones is 1. The molecular weight excluding hydrogens is 440 g/mol. The highest BCUT2D eigenvalue weighted by atomic mass is 79.9. The van der Waals surface area contributed by atoms with Crippen LogP contribution in [0.15, 0.2) is 45.7 Å². The van der Waals surface area contributed by atoms with Crippen LogP contribution < -0.4 is 10.3 Å². The maximum Gasteiger partial charge on any atom is 0.338 e. The summed E-state index contributed by atoms with van der Waals surface area (Å²) >= 11 is 3.32. The van der Waals surface area contributed by atoms with Gasteiger partial charge in [-0.25, -0.2) is 9.78 Å². The quantitative estimate of drug-likeness (QED) is 0.414. The minimum Gasteiger partial charge on any atom is -0.496 e. The van der Waals surface area contributed by atoms with E-state index in [4.69, 9.17) is 9.47 Å². The van der Waals surface area contributed by atoms with Gasteiger partial charge in [-0.2, -0.15) is 0 Å². The predicted molar refractivity (Wildman–Crippen MR) is 112 cm³/mol. The molecule has 1 aromatic heterocycles. The first kappa shape index (κ1) is 20.7. The average molecular weight is 459 g/mol. The number of carbonyl (C=O) groups is 2. The van der Waals surface area contributed by atoms with Gasteiger partial charge in [0.25, 0.3) is 5.56 Å². The highest BCUT2D eigenvalue weighted by Gasteiger charge is 2.15. The van der Waals surface area contributed by atoms with E-state index in [2.05, 4.69) is 20.9 Å². The zero-order valence-electron chi connectivity index (χ0n) is 16.2. The number of halogens is 1. The molecule has 0 radical (unpaired) electrons. The molecule has 0 fully saturated rings. The molecule has 29 heavy (non-hydrogen) atoms. The molecule has 0 aliphatic heterocycles. The summed E-state index contributed by atoms with van der Waals surface area (Å²) in [5, 5.41) is 0. The second kappa shape index (κ2) is 8.57. The number of esters is 1. The van der Waals surface area contributed by atoms with Crippen LogP contribution in [0.2, 0.25) is 0 Å². The number of aryl methyl sites for hydroxylation is 2. The van der Waals surface area contributed by atoms with Gasteiger partial charge in [-0.1, -0.05) is 0 Å². The molecule has 0 aliphatic carbocycles. The SMILES string of the molecule is CCn1c(=O)c(C)nc2cc(C(=O)OCC(=O)c3ccc(OC)c(Br)c3)ccc21. The number of hydrogen-bond donors (Lipinski definition) is 0. The lowest BCUT2D eigenvalue weighted by Gasteiger charge is -2.10. The highest BCUT2D eigenvalue weighted by molar-refractivity contribution is 9.10. The number of nitrogens with zero attached hydrogens (tertiary/aromatic N) is 2. The van der Waals surface area contributed by atoms with Crippen molar-refractivity contribution in [3.05, 3.63) is 68.0 Å². The van der Waals surface area contributed by atoms with Crippen molar-refractivity contribution in [1.82, 2.24) is 9.55 Å². The summed E-state index contributed by atoms with van der Waals surface area (Å²) in [4.78, 5) is 41.2. The molecule has 2 aromatic carbocycles. The molecular formula is C21H19BrN2O5. The van der Waals surface area contributed by atoms with Crippen molar-refractivity contribution in [3.8, 4) is 5.75 Å². The lowest BCUT2D eigenvalue weighted by Crippen LogP contribution is -2.23. The van der Waals surface area contributed by atoms with Crippen molar-refractivity contribution in [1.29, 1.82) is 0 Å². The van der Waals surface area contributed by atoms with E-state index in [1.54, 1.807) is 47.9 Å². The Balaban J connectivity index is 1.78. The van der Waals surface area contributed by atoms with Gasteiger partial charge in [-0.05, 0) is 66.2 Å². The third kappa shape index (κ3) is 4.22. The fraction of sp³-hybridized carbons (Fsp3) is 0.238. The summed E-state index contributed by atoms with van der Waals surface area (Å²) in [5.41, 5.74) is 2.00. The summed E-state index contributed by atoms with van der Waals surface area (Å²) in [5.74, 6) is -0.374. The molecule has 0 aliphatic rings. The number of aromatic nitrogens is 2. The maximum absolute atomic E-state index is 12.4. The van der Waals surface area contributed by atoms with Crippen molar-refractivity contribution < 1.29 is 19.1 Å². The molecule has 0 spiro atoms. The number of ether oxygens (including phenoxy) is 2. The van der Waals surface area contributed by atoms with E-state index >= 15 is 0 Å². The van der Waals surface area contributed by atoms with Crippen LogP contribution in [0, 0.1) is 6.92 Å². The number of rotatable bonds is 6. The van der Waals surface area contributed by atoms with Gasteiger partial charge < -0.3 is 14.0 Å². The van der Waals surface area contributed by atoms with E-state index in [9.17, 15) is 14.4 Å². The van der Waals surface area contributed by atoms with Crippen LogP contribution in [0.1, 0.15) is 33.3 Å². The van der Waals surface area contributed by atoms with Gasteiger partial charge in [0.15, 0.2) is 12.4 Å². The molecule has 0 amide bonds. The molecule has 0 saturated heterocycles. The fourth-order valence-corrected chi connectivity index (χ4v) is 3.49. The fourth-order valence-electron chi connectivity index (χ4n) is 2.95. The van der Waals surface area contributed by atoms with Gasteiger partial charge in [0.2, 0.25) is 0 Å². The van der Waals surface area contributed by atoms with E-state index in [0.717, 1.165) is 0 Å². The van der Waals surface area contributed by atoms with E-state index in [1.807, 2.05) is 6.92 Å². The normalized spacial score (nSPS) is 10.8. The van der Waals surface area contributed by atoms with Crippen LogP contribution in [-0.4, -0.2) is 35.0 Å². The van der Waals surface area contributed by atoms with Gasteiger partial charge in [-0.15, -0.1) is 0 Å². The summed E-state index contributed by atoms with van der Waals surface area (Å²) in [6.45, 7) is 3.60. The molecule has 0 saturated carbocycles. The van der Waals surface area contributed by atoms with E-state index in [1.165, 1.54) is 7.11 Å². The number of carbonyl (C=O) groups excluding carboxylic acids is 2. The molecule has 150 valence electrons. The van der Waals surface area contributed by atoms with Crippen molar-refractivity contribution in [2.45, 2.75) is 20.4 Å². The van der Waals surface area contributed by atoms with Crippen LogP contribution in [0.5, 0.6) is 5.75 Å². The first-order valence-corrected chi connectivity index (χ1v) is 9.70. The second-order valence-corrected chi connectivity index (χ2v) is 7.15. The van der Waals surface area contributed by atoms with Crippen molar-refractivity contribution in [2.75, 3.05) is 13.7 Å². The van der Waals surface area contributed by atoms with Gasteiger partial charge in [0, 0.05) is 12.1 Å². The van der Waals surface area contributed by atoms with Crippen LogP contribution in [-0.2, 0) is 11.3 Å². The van der Waals surface area contributed by atoms with E-state index < -0.39 is 12.6 Å². The molecule has 1 heterocycles. The van der Waals surface area contributed by atoms with Crippen molar-refractivity contribution in [3.63, 3.8) is 0 Å². The van der Waals surface area contributed by atoms with Crippen LogP contribution in [0.25, 0.3) is 11.0 Å². The van der Waals surface area contributed by atoms with Gasteiger partial charge in [0.05, 0.1) is 28.2 Å². The Morgan fingerprint density at radius 2 is 1.86 bits per heavy atom. The maximum atomic E-state index is 12.4. The Labute approximate surface area is 175 Å². The van der Waals surface area contributed by atoms with Crippen LogP contribution in [0.4, 0.5) is 0 Å². The largest absolute Gasteiger partial charge is 0.496 e. The molecule has 3 rings (SSSR count). The Hall–Kier alpha value is -3.00. The minimum atomic E-state index is -0.637. The average Bonchev–Trinajstić information content (AvgIpc) is 2.72. The van der Waals surface area contributed by atoms with E-state index in [0.29, 0.717) is 39.1 Å². The van der Waals surface area contributed by atoms with Gasteiger partial charge in [0.1, 0.15) is 11.4 Å². The number of hydrogen-bond acceptors (Lipinski definition) is 6. The lowest BCUT2D eigenvalue weighted by atomic mass is 10.1. The van der Waals surface area contributed by atoms with Crippen LogP contribution in [0.3, 0.4) is 0 Å². The number of methoxy groups -OCH3 is 1. The number of Topliss-reactive ketones (excluding diaryl/α,β-unsaturated/α-hetero) is 1. The summed E-state index contributed by atoms with van der Waals surface area (Å²) in [7, 11) is 1.53. The monoisotopic (exact) mass is 458 g/mol. The van der Waals surface area contributed by atoms with Crippen molar-refractivity contribution >= 4 is 38.7 Å². The summed E-state index contributed by atoms with van der Waals surface area (Å²) < 4.78 is 12.5. The molecule has 8 heteroatoms. The highest BCUT2D eigenvalue weighted by Crippen LogP contribution is 2.25. The number of benzene rings is 2. The van der Waals surface area contributed by atoms with Gasteiger partial charge in [-0.3, -0.25) is 9.59 Å². The molecule has 3 aromatic rings. The Morgan fingerprint density at radius 1 is 1.14 bits per heavy atom. The molecule has 0 unspecified atom stereocenters. The standard InChI is InChI=1S/C21H19BrN2O5/c1-4-24-17-7-5-14(10-16(17)23-12(2)20(24)26)21(27)29-11-18(25)13-6-8-19(28-3)15(22)9-13/h5-10H,4,11H2,1-3H3. The first-order valence-electron chi connectivity index (χ1n) is 8.90. The summed E-state index contributed by atoms with van der Waals surface area (Å²) in [6, 6.07) is 9.65. The summed E-state index contributed by atoms with van der Waals surface area (Å²) in [6.07, 6.45) is 0. The topological polar surface area (TPSA) is 87.5 Å². The molecule has 7 nitrogen and oxygen atoms in total. The van der Waals surface area contributed by atoms with Crippen molar-refractivity contribution in [2.24, 2.45) is 0 Å². The zero-order chi connectivity index (χ0) is 21.1. The van der Waals surface area contributed by atoms with E-state index in [-0.39, 0.29) is 16.9 Å². The minimum absolute atomic E-state index is 0.161. The van der Waals surface area contributed by atoms with Gasteiger partial charge >= 0.3 is 5.97 Å². The first-order chi connectivity index (χ1) is 13.8. The second-order valence-electron chi connectivity index (χ2n) is 6.30. The molecule has 0 atom stereocenters.